The Labute approximate surface area is 150 Å². The van der Waals surface area contributed by atoms with Gasteiger partial charge in [-0.2, -0.15) is 11.8 Å². The zero-order valence-electron chi connectivity index (χ0n) is 15.7. The Kier molecular flexibility index (Phi) is 6.72. The van der Waals surface area contributed by atoms with Crippen molar-refractivity contribution in [3.63, 3.8) is 0 Å². The van der Waals surface area contributed by atoms with Crippen molar-refractivity contribution in [1.82, 2.24) is 4.90 Å². The summed E-state index contributed by atoms with van der Waals surface area (Å²) in [6.45, 7) is 11.7. The maximum Gasteiger partial charge on any atom is 0.142 e. The molecule has 0 saturated carbocycles. The van der Waals surface area contributed by atoms with Crippen molar-refractivity contribution >= 4 is 29.5 Å². The van der Waals surface area contributed by atoms with Crippen LogP contribution in [0, 0.1) is 13.8 Å². The van der Waals surface area contributed by atoms with Gasteiger partial charge in [0.15, 0.2) is 0 Å². The van der Waals surface area contributed by atoms with Crippen molar-refractivity contribution in [1.29, 1.82) is 0 Å². The van der Waals surface area contributed by atoms with Crippen LogP contribution in [0.1, 0.15) is 43.9 Å². The van der Waals surface area contributed by atoms with E-state index in [4.69, 9.17) is 4.84 Å². The third-order valence-corrected chi connectivity index (χ3v) is 5.33. The van der Waals surface area contributed by atoms with Crippen LogP contribution in [0.25, 0.3) is 0 Å². The highest BCUT2D eigenvalue weighted by Gasteiger charge is 2.24. The lowest BCUT2D eigenvalue weighted by molar-refractivity contribution is 0.103. The van der Waals surface area contributed by atoms with E-state index in [0.717, 1.165) is 30.1 Å². The van der Waals surface area contributed by atoms with Crippen molar-refractivity contribution in [2.45, 2.75) is 52.4 Å². The molecule has 0 aromatic heterocycles. The van der Waals surface area contributed by atoms with E-state index in [1.165, 1.54) is 16.7 Å². The molecule has 1 unspecified atom stereocenters. The first-order chi connectivity index (χ1) is 11.4. The van der Waals surface area contributed by atoms with E-state index in [1.54, 1.807) is 0 Å². The van der Waals surface area contributed by atoms with Gasteiger partial charge >= 0.3 is 0 Å². The molecule has 0 fully saturated rings. The summed E-state index contributed by atoms with van der Waals surface area (Å²) in [7, 11) is 2.03. The highest BCUT2D eigenvalue weighted by Crippen LogP contribution is 2.28. The largest absolute Gasteiger partial charge is 0.391 e. The Balaban J connectivity index is 2.10. The average Bonchev–Trinajstić information content (AvgIpc) is 3.01. The standard InChI is InChI=1S/C19H29N3OS/c1-7-22(6)12-20-18-9-14(4)17(8-15(18)5)19-10-16(23-21-19)11-24-13(2)3/h8-9,12-13,16H,7,10-11H2,1-6H3. The molecule has 1 aliphatic heterocycles. The molecule has 2 rings (SSSR count). The number of oxime groups is 1. The van der Waals surface area contributed by atoms with Gasteiger partial charge < -0.3 is 9.74 Å². The summed E-state index contributed by atoms with van der Waals surface area (Å²) in [4.78, 5) is 12.3. The second-order valence-corrected chi connectivity index (χ2v) is 8.23. The summed E-state index contributed by atoms with van der Waals surface area (Å²) < 4.78 is 0. The minimum absolute atomic E-state index is 0.197. The van der Waals surface area contributed by atoms with E-state index >= 15 is 0 Å². The first-order valence-electron chi connectivity index (χ1n) is 8.61. The molecular formula is C19H29N3OS. The van der Waals surface area contributed by atoms with E-state index in [0.29, 0.717) is 5.25 Å². The fraction of sp³-hybridized carbons (Fsp3) is 0.579. The third kappa shape index (κ3) is 5.00. The van der Waals surface area contributed by atoms with Gasteiger partial charge in [0.2, 0.25) is 0 Å². The Morgan fingerprint density at radius 1 is 1.38 bits per heavy atom. The van der Waals surface area contributed by atoms with Crippen molar-refractivity contribution in [2.24, 2.45) is 10.1 Å². The number of nitrogens with zero attached hydrogens (tertiary/aromatic N) is 3. The molecule has 0 amide bonds. The third-order valence-electron chi connectivity index (χ3n) is 4.10. The number of rotatable bonds is 7. The van der Waals surface area contributed by atoms with Gasteiger partial charge in [-0.1, -0.05) is 19.0 Å². The van der Waals surface area contributed by atoms with Gasteiger partial charge in [0.1, 0.15) is 6.10 Å². The molecule has 1 heterocycles. The summed E-state index contributed by atoms with van der Waals surface area (Å²) in [6.07, 6.45) is 2.97. The lowest BCUT2D eigenvalue weighted by atomic mass is 9.97. The van der Waals surface area contributed by atoms with E-state index in [2.05, 4.69) is 61.8 Å². The number of hydrogen-bond acceptors (Lipinski definition) is 4. The molecule has 1 aromatic rings. The zero-order valence-corrected chi connectivity index (χ0v) is 16.5. The summed E-state index contributed by atoms with van der Waals surface area (Å²) in [6, 6.07) is 4.33. The van der Waals surface area contributed by atoms with Crippen LogP contribution in [0.15, 0.2) is 22.3 Å². The van der Waals surface area contributed by atoms with Gasteiger partial charge in [0.05, 0.1) is 17.7 Å². The fourth-order valence-electron chi connectivity index (χ4n) is 2.47. The Bertz CT molecular complexity index is 625. The maximum absolute atomic E-state index is 5.62. The predicted octanol–water partition coefficient (Wildman–Crippen LogP) is 4.55. The summed E-state index contributed by atoms with van der Waals surface area (Å²) >= 11 is 1.92. The van der Waals surface area contributed by atoms with E-state index in [9.17, 15) is 0 Å². The van der Waals surface area contributed by atoms with Gasteiger partial charge in [0.25, 0.3) is 0 Å². The van der Waals surface area contributed by atoms with Crippen LogP contribution in [-0.4, -0.2) is 47.6 Å². The number of aliphatic imine (C=N–C) groups is 1. The minimum Gasteiger partial charge on any atom is -0.391 e. The second-order valence-electron chi connectivity index (χ2n) is 6.62. The molecule has 0 bridgehead atoms. The number of aryl methyl sites for hydroxylation is 2. The van der Waals surface area contributed by atoms with E-state index in [1.807, 2.05) is 25.1 Å². The molecule has 1 aromatic carbocycles. The Morgan fingerprint density at radius 3 is 2.79 bits per heavy atom. The second kappa shape index (κ2) is 8.56. The molecule has 0 saturated heterocycles. The molecule has 1 atom stereocenters. The first kappa shape index (κ1) is 18.8. The molecule has 132 valence electrons. The van der Waals surface area contributed by atoms with Crippen LogP contribution in [0.4, 0.5) is 5.69 Å². The number of thioether (sulfide) groups is 1. The van der Waals surface area contributed by atoms with Gasteiger partial charge in [-0.15, -0.1) is 0 Å². The summed E-state index contributed by atoms with van der Waals surface area (Å²) in [5.74, 6) is 0.994. The molecular weight excluding hydrogens is 318 g/mol. The highest BCUT2D eigenvalue weighted by molar-refractivity contribution is 7.99. The SMILES string of the molecule is CCN(C)C=Nc1cc(C)c(C2=NOC(CSC(C)C)C2)cc1C. The van der Waals surface area contributed by atoms with Crippen molar-refractivity contribution in [3.05, 3.63) is 28.8 Å². The number of benzene rings is 1. The smallest absolute Gasteiger partial charge is 0.142 e. The van der Waals surface area contributed by atoms with Crippen LogP contribution in [0.2, 0.25) is 0 Å². The summed E-state index contributed by atoms with van der Waals surface area (Å²) in [5, 5.41) is 4.97. The molecule has 5 heteroatoms. The molecule has 4 nitrogen and oxygen atoms in total. The van der Waals surface area contributed by atoms with Crippen LogP contribution in [0.5, 0.6) is 0 Å². The van der Waals surface area contributed by atoms with Crippen molar-refractivity contribution < 1.29 is 4.84 Å². The number of hydrogen-bond donors (Lipinski definition) is 0. The van der Waals surface area contributed by atoms with E-state index in [-0.39, 0.29) is 6.10 Å². The van der Waals surface area contributed by atoms with Crippen molar-refractivity contribution in [2.75, 3.05) is 19.3 Å². The normalized spacial score (nSPS) is 17.5. The highest BCUT2D eigenvalue weighted by atomic mass is 32.2. The molecule has 1 aliphatic rings. The first-order valence-corrected chi connectivity index (χ1v) is 9.66. The molecule has 0 radical (unpaired) electrons. The maximum atomic E-state index is 5.62. The Morgan fingerprint density at radius 2 is 2.12 bits per heavy atom. The average molecular weight is 348 g/mol. The van der Waals surface area contributed by atoms with Gasteiger partial charge in [0, 0.05) is 31.3 Å². The monoisotopic (exact) mass is 347 g/mol. The molecule has 24 heavy (non-hydrogen) atoms. The van der Waals surface area contributed by atoms with Crippen LogP contribution < -0.4 is 0 Å². The predicted molar refractivity (Wildman–Crippen MR) is 106 cm³/mol. The minimum atomic E-state index is 0.197. The zero-order chi connectivity index (χ0) is 17.7. The molecule has 0 N–H and O–H groups in total. The van der Waals surface area contributed by atoms with Gasteiger partial charge in [-0.3, -0.25) is 0 Å². The Hall–Kier alpha value is -1.49. The van der Waals surface area contributed by atoms with Gasteiger partial charge in [-0.25, -0.2) is 4.99 Å². The molecule has 0 aliphatic carbocycles. The lowest BCUT2D eigenvalue weighted by Gasteiger charge is -2.12. The van der Waals surface area contributed by atoms with Crippen molar-refractivity contribution in [3.8, 4) is 0 Å². The van der Waals surface area contributed by atoms with Crippen LogP contribution >= 0.6 is 11.8 Å². The van der Waals surface area contributed by atoms with Gasteiger partial charge in [-0.05, 0) is 49.3 Å². The quantitative estimate of drug-likeness (QED) is 0.536. The summed E-state index contributed by atoms with van der Waals surface area (Å²) in [5.41, 5.74) is 5.63. The van der Waals surface area contributed by atoms with Crippen LogP contribution in [0.3, 0.4) is 0 Å². The molecule has 0 spiro atoms. The topological polar surface area (TPSA) is 37.2 Å². The van der Waals surface area contributed by atoms with E-state index < -0.39 is 0 Å². The fourth-order valence-corrected chi connectivity index (χ4v) is 3.25. The van der Waals surface area contributed by atoms with Crippen LogP contribution in [-0.2, 0) is 4.84 Å². The lowest BCUT2D eigenvalue weighted by Crippen LogP contribution is -2.14.